The van der Waals surface area contributed by atoms with Gasteiger partial charge in [0.15, 0.2) is 17.6 Å². The molecule has 2 unspecified atom stereocenters. The van der Waals surface area contributed by atoms with Crippen molar-refractivity contribution in [2.75, 3.05) is 7.11 Å². The molecular formula is C15H23NO4. The molecule has 0 aliphatic rings. The molecule has 0 amide bonds. The number of hydrogen-bond donors (Lipinski definition) is 2. The Bertz CT molecular complexity index is 445. The SMILES string of the molecule is CCCC(Oc1c(CC(C)N)cccc1OC)C(=O)O. The van der Waals surface area contributed by atoms with Gasteiger partial charge in [0.25, 0.3) is 0 Å². The number of benzene rings is 1. The quantitative estimate of drug-likeness (QED) is 0.763. The van der Waals surface area contributed by atoms with Gasteiger partial charge >= 0.3 is 5.97 Å². The van der Waals surface area contributed by atoms with Crippen molar-refractivity contribution < 1.29 is 19.4 Å². The van der Waals surface area contributed by atoms with E-state index in [1.54, 1.807) is 6.07 Å². The van der Waals surface area contributed by atoms with Crippen molar-refractivity contribution in [3.05, 3.63) is 23.8 Å². The van der Waals surface area contributed by atoms with E-state index in [-0.39, 0.29) is 6.04 Å². The molecule has 5 nitrogen and oxygen atoms in total. The van der Waals surface area contributed by atoms with Crippen molar-refractivity contribution in [2.45, 2.75) is 45.3 Å². The summed E-state index contributed by atoms with van der Waals surface area (Å²) in [6.45, 7) is 3.81. The summed E-state index contributed by atoms with van der Waals surface area (Å²) in [5.74, 6) is 0.0446. The molecule has 20 heavy (non-hydrogen) atoms. The molecule has 5 heteroatoms. The van der Waals surface area contributed by atoms with Gasteiger partial charge in [-0.05, 0) is 31.4 Å². The molecule has 0 saturated carbocycles. The molecule has 3 N–H and O–H groups in total. The maximum Gasteiger partial charge on any atom is 0.344 e. The summed E-state index contributed by atoms with van der Waals surface area (Å²) in [4.78, 5) is 11.2. The minimum Gasteiger partial charge on any atom is -0.493 e. The van der Waals surface area contributed by atoms with E-state index in [0.717, 1.165) is 12.0 Å². The molecule has 1 rings (SSSR count). The van der Waals surface area contributed by atoms with Crippen LogP contribution in [0.3, 0.4) is 0 Å². The van der Waals surface area contributed by atoms with E-state index in [1.807, 2.05) is 26.0 Å². The van der Waals surface area contributed by atoms with Gasteiger partial charge in [-0.2, -0.15) is 0 Å². The normalized spacial score (nSPS) is 13.6. The fourth-order valence-electron chi connectivity index (χ4n) is 2.00. The van der Waals surface area contributed by atoms with E-state index >= 15 is 0 Å². The maximum absolute atomic E-state index is 11.2. The predicted octanol–water partition coefficient (Wildman–Crippen LogP) is 2.22. The van der Waals surface area contributed by atoms with Crippen molar-refractivity contribution >= 4 is 5.97 Å². The number of methoxy groups -OCH3 is 1. The third-order valence-corrected chi connectivity index (χ3v) is 2.91. The highest BCUT2D eigenvalue weighted by Crippen LogP contribution is 2.33. The second kappa shape index (κ2) is 7.75. The molecule has 0 heterocycles. The Morgan fingerprint density at radius 1 is 1.45 bits per heavy atom. The van der Waals surface area contributed by atoms with Gasteiger partial charge < -0.3 is 20.3 Å². The third-order valence-electron chi connectivity index (χ3n) is 2.91. The van der Waals surface area contributed by atoms with Gasteiger partial charge in [-0.15, -0.1) is 0 Å². The number of para-hydroxylation sites is 1. The lowest BCUT2D eigenvalue weighted by Gasteiger charge is -2.20. The Labute approximate surface area is 119 Å². The molecular weight excluding hydrogens is 258 g/mol. The zero-order valence-electron chi connectivity index (χ0n) is 12.3. The third kappa shape index (κ3) is 4.42. The number of rotatable bonds is 8. The van der Waals surface area contributed by atoms with Gasteiger partial charge in [-0.1, -0.05) is 25.5 Å². The van der Waals surface area contributed by atoms with Gasteiger partial charge in [0.05, 0.1) is 7.11 Å². The lowest BCUT2D eigenvalue weighted by molar-refractivity contribution is -0.145. The molecule has 0 fully saturated rings. The first-order valence-electron chi connectivity index (χ1n) is 6.80. The van der Waals surface area contributed by atoms with Gasteiger partial charge in [0, 0.05) is 6.04 Å². The van der Waals surface area contributed by atoms with Crippen molar-refractivity contribution in [3.8, 4) is 11.5 Å². The van der Waals surface area contributed by atoms with Crippen LogP contribution >= 0.6 is 0 Å². The lowest BCUT2D eigenvalue weighted by atomic mass is 10.1. The topological polar surface area (TPSA) is 81.8 Å². The van der Waals surface area contributed by atoms with Crippen molar-refractivity contribution in [1.29, 1.82) is 0 Å². The van der Waals surface area contributed by atoms with Crippen LogP contribution in [0.5, 0.6) is 11.5 Å². The molecule has 1 aromatic carbocycles. The summed E-state index contributed by atoms with van der Waals surface area (Å²) in [6.07, 6.45) is 0.910. The Morgan fingerprint density at radius 3 is 2.65 bits per heavy atom. The number of aliphatic carboxylic acids is 1. The minimum absolute atomic E-state index is 0.0427. The summed E-state index contributed by atoms with van der Waals surface area (Å²) < 4.78 is 11.0. The molecule has 0 aliphatic heterocycles. The summed E-state index contributed by atoms with van der Waals surface area (Å²) in [7, 11) is 1.54. The second-order valence-corrected chi connectivity index (χ2v) is 4.86. The van der Waals surface area contributed by atoms with Crippen LogP contribution in [0.15, 0.2) is 18.2 Å². The molecule has 112 valence electrons. The average molecular weight is 281 g/mol. The van der Waals surface area contributed by atoms with Crippen LogP contribution < -0.4 is 15.2 Å². The van der Waals surface area contributed by atoms with E-state index in [0.29, 0.717) is 24.3 Å². The summed E-state index contributed by atoms with van der Waals surface area (Å²) in [5.41, 5.74) is 6.68. The zero-order chi connectivity index (χ0) is 15.1. The standard InChI is InChI=1S/C15H23NO4/c1-4-6-13(15(17)18)20-14-11(9-10(2)16)7-5-8-12(14)19-3/h5,7-8,10,13H,4,6,9,16H2,1-3H3,(H,17,18). The number of nitrogens with two attached hydrogens (primary N) is 1. The van der Waals surface area contributed by atoms with Crippen LogP contribution in [0.25, 0.3) is 0 Å². The summed E-state index contributed by atoms with van der Waals surface area (Å²) >= 11 is 0. The molecule has 0 radical (unpaired) electrons. The number of carboxylic acids is 1. The maximum atomic E-state index is 11.2. The van der Waals surface area contributed by atoms with E-state index in [9.17, 15) is 9.90 Å². The van der Waals surface area contributed by atoms with E-state index < -0.39 is 12.1 Å². The molecule has 0 aromatic heterocycles. The first-order chi connectivity index (χ1) is 9.49. The van der Waals surface area contributed by atoms with Crippen LogP contribution in [0.4, 0.5) is 0 Å². The van der Waals surface area contributed by atoms with Crippen molar-refractivity contribution in [1.82, 2.24) is 0 Å². The molecule has 0 spiro atoms. The monoisotopic (exact) mass is 281 g/mol. The minimum atomic E-state index is -0.968. The zero-order valence-corrected chi connectivity index (χ0v) is 12.3. The Morgan fingerprint density at radius 2 is 2.15 bits per heavy atom. The highest BCUT2D eigenvalue weighted by Gasteiger charge is 2.22. The first-order valence-corrected chi connectivity index (χ1v) is 6.80. The Hall–Kier alpha value is -1.75. The largest absolute Gasteiger partial charge is 0.493 e. The van der Waals surface area contributed by atoms with E-state index in [4.69, 9.17) is 15.2 Å². The van der Waals surface area contributed by atoms with Crippen molar-refractivity contribution in [3.63, 3.8) is 0 Å². The molecule has 0 aliphatic carbocycles. The number of carbonyl (C=O) groups is 1. The second-order valence-electron chi connectivity index (χ2n) is 4.86. The highest BCUT2D eigenvalue weighted by molar-refractivity contribution is 5.73. The van der Waals surface area contributed by atoms with Crippen molar-refractivity contribution in [2.24, 2.45) is 5.73 Å². The molecule has 1 aromatic rings. The average Bonchev–Trinajstić information content (AvgIpc) is 2.39. The van der Waals surface area contributed by atoms with Crippen LogP contribution in [0, 0.1) is 0 Å². The number of hydrogen-bond acceptors (Lipinski definition) is 4. The summed E-state index contributed by atoms with van der Waals surface area (Å²) in [5, 5.41) is 9.21. The Kier molecular flexibility index (Phi) is 6.31. The fourth-order valence-corrected chi connectivity index (χ4v) is 2.00. The Balaban J connectivity index is 3.08. The number of carboxylic acid groups (broad SMARTS) is 1. The number of ether oxygens (including phenoxy) is 2. The molecule has 0 bridgehead atoms. The van der Waals surface area contributed by atoms with Gasteiger partial charge in [-0.25, -0.2) is 4.79 Å². The highest BCUT2D eigenvalue weighted by atomic mass is 16.5. The van der Waals surface area contributed by atoms with E-state index in [1.165, 1.54) is 7.11 Å². The lowest BCUT2D eigenvalue weighted by Crippen LogP contribution is -2.28. The fraction of sp³-hybridized carbons (Fsp3) is 0.533. The van der Waals surface area contributed by atoms with Crippen LogP contribution in [-0.2, 0) is 11.2 Å². The van der Waals surface area contributed by atoms with Gasteiger partial charge in [0.1, 0.15) is 0 Å². The molecule has 0 saturated heterocycles. The van der Waals surface area contributed by atoms with Crippen LogP contribution in [-0.4, -0.2) is 30.3 Å². The van der Waals surface area contributed by atoms with Crippen LogP contribution in [0.2, 0.25) is 0 Å². The van der Waals surface area contributed by atoms with Gasteiger partial charge in [0.2, 0.25) is 0 Å². The smallest absolute Gasteiger partial charge is 0.344 e. The molecule has 2 atom stereocenters. The van der Waals surface area contributed by atoms with Gasteiger partial charge in [-0.3, -0.25) is 0 Å². The van der Waals surface area contributed by atoms with Crippen LogP contribution in [0.1, 0.15) is 32.3 Å². The first kappa shape index (κ1) is 16.3. The summed E-state index contributed by atoms with van der Waals surface area (Å²) in [6, 6.07) is 5.44. The predicted molar refractivity (Wildman–Crippen MR) is 77.3 cm³/mol. The van der Waals surface area contributed by atoms with E-state index in [2.05, 4.69) is 0 Å².